The largest absolute Gasteiger partial charge is 0.392 e. The van der Waals surface area contributed by atoms with Crippen molar-refractivity contribution in [3.05, 3.63) is 40.9 Å². The second-order valence-electron chi connectivity index (χ2n) is 5.58. The van der Waals surface area contributed by atoms with Gasteiger partial charge in [0.15, 0.2) is 0 Å². The molecule has 0 aliphatic carbocycles. The van der Waals surface area contributed by atoms with Crippen molar-refractivity contribution in [2.24, 2.45) is 0 Å². The van der Waals surface area contributed by atoms with Crippen molar-refractivity contribution in [3.8, 4) is 5.69 Å². The minimum absolute atomic E-state index is 0.230. The summed E-state index contributed by atoms with van der Waals surface area (Å²) in [6, 6.07) is 8.13. The van der Waals surface area contributed by atoms with Gasteiger partial charge in [-0.05, 0) is 43.6 Å². The molecule has 1 aromatic heterocycles. The fourth-order valence-corrected chi connectivity index (χ4v) is 3.03. The van der Waals surface area contributed by atoms with Crippen LogP contribution in [0.1, 0.15) is 18.4 Å². The highest BCUT2D eigenvalue weighted by atomic mass is 32.1. The third kappa shape index (κ3) is 3.07. The molecule has 0 amide bonds. The molecule has 0 radical (unpaired) electrons. The molecule has 0 saturated carbocycles. The van der Waals surface area contributed by atoms with Crippen molar-refractivity contribution in [1.29, 1.82) is 0 Å². The molecule has 2 heterocycles. The van der Waals surface area contributed by atoms with Crippen molar-refractivity contribution >= 4 is 12.2 Å². The molecule has 2 aromatic rings. The zero-order valence-electron chi connectivity index (χ0n) is 12.1. The first kappa shape index (κ1) is 14.4. The number of nitrogens with zero attached hydrogens (tertiary/aromatic N) is 4. The Kier molecular flexibility index (Phi) is 4.19. The summed E-state index contributed by atoms with van der Waals surface area (Å²) >= 11 is 5.54. The van der Waals surface area contributed by atoms with E-state index < -0.39 is 0 Å². The molecule has 6 heteroatoms. The Morgan fingerprint density at radius 2 is 2.19 bits per heavy atom. The molecule has 1 aliphatic rings. The van der Waals surface area contributed by atoms with E-state index in [0.29, 0.717) is 18.0 Å². The Balaban J connectivity index is 1.83. The second kappa shape index (κ2) is 6.09. The third-order valence-corrected chi connectivity index (χ3v) is 4.33. The lowest BCUT2D eigenvalue weighted by Crippen LogP contribution is -2.39. The van der Waals surface area contributed by atoms with Crippen LogP contribution in [0.3, 0.4) is 0 Å². The van der Waals surface area contributed by atoms with Gasteiger partial charge in [-0.25, -0.2) is 4.68 Å². The van der Waals surface area contributed by atoms with Crippen LogP contribution in [0.25, 0.3) is 5.69 Å². The number of aromatic nitrogens is 3. The standard InChI is InChI=1S/C15H20N4OS/c1-12-5-2-3-7-14(12)18-10-16-19(15(18)21)11-17-8-4-6-13(20)9-17/h2-3,5,7,10,13,20H,4,6,8-9,11H2,1H3/t13-/m1/s1. The van der Waals surface area contributed by atoms with Crippen LogP contribution in [-0.4, -0.2) is 43.5 Å². The van der Waals surface area contributed by atoms with Gasteiger partial charge in [0.05, 0.1) is 18.5 Å². The maximum Gasteiger partial charge on any atom is 0.203 e. The van der Waals surface area contributed by atoms with Crippen molar-refractivity contribution in [1.82, 2.24) is 19.2 Å². The highest BCUT2D eigenvalue weighted by Crippen LogP contribution is 2.15. The van der Waals surface area contributed by atoms with Gasteiger partial charge in [-0.1, -0.05) is 18.2 Å². The number of aliphatic hydroxyl groups is 1. The van der Waals surface area contributed by atoms with Crippen LogP contribution in [0.5, 0.6) is 0 Å². The maximum atomic E-state index is 9.74. The topological polar surface area (TPSA) is 46.2 Å². The average molecular weight is 304 g/mol. The van der Waals surface area contributed by atoms with Crippen molar-refractivity contribution < 1.29 is 5.11 Å². The Hall–Kier alpha value is -1.50. The maximum absolute atomic E-state index is 9.74. The fourth-order valence-electron chi connectivity index (χ4n) is 2.78. The van der Waals surface area contributed by atoms with E-state index in [0.717, 1.165) is 25.1 Å². The summed E-state index contributed by atoms with van der Waals surface area (Å²) in [6.45, 7) is 4.37. The smallest absolute Gasteiger partial charge is 0.203 e. The molecule has 0 unspecified atom stereocenters. The average Bonchev–Trinajstić information content (AvgIpc) is 2.81. The molecule has 0 bridgehead atoms. The van der Waals surface area contributed by atoms with Gasteiger partial charge in [0.25, 0.3) is 0 Å². The molecular formula is C15H20N4OS. The van der Waals surface area contributed by atoms with Gasteiger partial charge < -0.3 is 5.11 Å². The van der Waals surface area contributed by atoms with Crippen molar-refractivity contribution in [2.45, 2.75) is 32.5 Å². The summed E-state index contributed by atoms with van der Waals surface area (Å²) in [5.74, 6) is 0. The molecule has 5 nitrogen and oxygen atoms in total. The highest BCUT2D eigenvalue weighted by molar-refractivity contribution is 7.71. The molecule has 0 spiro atoms. The van der Waals surface area contributed by atoms with Crippen molar-refractivity contribution in [3.63, 3.8) is 0 Å². The first-order valence-corrected chi connectivity index (χ1v) is 7.67. The molecule has 1 aliphatic heterocycles. The van der Waals surface area contributed by atoms with Crippen LogP contribution in [0, 0.1) is 11.7 Å². The van der Waals surface area contributed by atoms with E-state index in [1.807, 2.05) is 27.4 Å². The van der Waals surface area contributed by atoms with E-state index in [9.17, 15) is 5.11 Å². The summed E-state index contributed by atoms with van der Waals surface area (Å²) in [6.07, 6.45) is 3.45. The predicted molar refractivity (Wildman–Crippen MR) is 83.9 cm³/mol. The molecule has 1 saturated heterocycles. The Labute approximate surface area is 129 Å². The van der Waals surface area contributed by atoms with Gasteiger partial charge >= 0.3 is 0 Å². The number of hydrogen-bond donors (Lipinski definition) is 1. The van der Waals surface area contributed by atoms with Gasteiger partial charge in [0.2, 0.25) is 4.77 Å². The second-order valence-corrected chi connectivity index (χ2v) is 5.95. The van der Waals surface area contributed by atoms with E-state index in [2.05, 4.69) is 23.0 Å². The molecule has 3 rings (SSSR count). The number of piperidine rings is 1. The van der Waals surface area contributed by atoms with E-state index in [-0.39, 0.29) is 6.10 Å². The quantitative estimate of drug-likeness (QED) is 0.883. The minimum Gasteiger partial charge on any atom is -0.392 e. The van der Waals surface area contributed by atoms with Crippen molar-refractivity contribution in [2.75, 3.05) is 13.1 Å². The summed E-state index contributed by atoms with van der Waals surface area (Å²) in [5.41, 5.74) is 2.23. The first-order valence-electron chi connectivity index (χ1n) is 7.26. The zero-order valence-corrected chi connectivity index (χ0v) is 13.0. The number of para-hydroxylation sites is 1. The lowest BCUT2D eigenvalue weighted by Gasteiger charge is -2.29. The van der Waals surface area contributed by atoms with E-state index in [1.165, 1.54) is 5.56 Å². The minimum atomic E-state index is -0.230. The lowest BCUT2D eigenvalue weighted by atomic mass is 10.1. The van der Waals surface area contributed by atoms with Crippen LogP contribution < -0.4 is 0 Å². The Morgan fingerprint density at radius 1 is 1.38 bits per heavy atom. The number of hydrogen-bond acceptors (Lipinski definition) is 4. The summed E-state index contributed by atoms with van der Waals surface area (Å²) in [4.78, 5) is 2.19. The SMILES string of the molecule is Cc1ccccc1-n1cnn(CN2CCC[C@@H](O)C2)c1=S. The molecule has 1 aromatic carbocycles. The number of aliphatic hydroxyl groups excluding tert-OH is 1. The molecule has 1 fully saturated rings. The fraction of sp³-hybridized carbons (Fsp3) is 0.467. The van der Waals surface area contributed by atoms with Crippen LogP contribution in [0.2, 0.25) is 0 Å². The summed E-state index contributed by atoms with van der Waals surface area (Å²) in [5, 5.41) is 14.1. The summed E-state index contributed by atoms with van der Waals surface area (Å²) < 4.78 is 4.44. The van der Waals surface area contributed by atoms with Gasteiger partial charge in [0.1, 0.15) is 6.33 Å². The number of β-amino-alcohol motifs (C(OH)–C–C–N with tert-alkyl or cyclic N) is 1. The molecule has 112 valence electrons. The molecular weight excluding hydrogens is 284 g/mol. The van der Waals surface area contributed by atoms with Gasteiger partial charge in [0, 0.05) is 13.1 Å². The van der Waals surface area contributed by atoms with E-state index in [4.69, 9.17) is 12.2 Å². The van der Waals surface area contributed by atoms with E-state index in [1.54, 1.807) is 6.33 Å². The Morgan fingerprint density at radius 3 is 2.95 bits per heavy atom. The van der Waals surface area contributed by atoms with Gasteiger partial charge in [-0.15, -0.1) is 0 Å². The van der Waals surface area contributed by atoms with Crippen LogP contribution in [0.4, 0.5) is 0 Å². The number of rotatable bonds is 3. The first-order chi connectivity index (χ1) is 10.1. The predicted octanol–water partition coefficient (Wildman–Crippen LogP) is 2.13. The van der Waals surface area contributed by atoms with E-state index >= 15 is 0 Å². The monoisotopic (exact) mass is 304 g/mol. The number of likely N-dealkylation sites (tertiary alicyclic amines) is 1. The van der Waals surface area contributed by atoms with Gasteiger partial charge in [-0.3, -0.25) is 9.47 Å². The Bertz CT molecular complexity index is 678. The molecule has 1 atom stereocenters. The number of benzene rings is 1. The van der Waals surface area contributed by atoms with Gasteiger partial charge in [-0.2, -0.15) is 5.10 Å². The molecule has 21 heavy (non-hydrogen) atoms. The number of aryl methyl sites for hydroxylation is 1. The summed E-state index contributed by atoms with van der Waals surface area (Å²) in [7, 11) is 0. The molecule has 1 N–H and O–H groups in total. The van der Waals surface area contributed by atoms with Crippen LogP contribution in [-0.2, 0) is 6.67 Å². The highest BCUT2D eigenvalue weighted by Gasteiger charge is 2.18. The lowest BCUT2D eigenvalue weighted by molar-refractivity contribution is 0.0513. The van der Waals surface area contributed by atoms with Crippen LogP contribution >= 0.6 is 12.2 Å². The zero-order chi connectivity index (χ0) is 14.8. The normalized spacial score (nSPS) is 19.8. The third-order valence-electron chi connectivity index (χ3n) is 3.92. The van der Waals surface area contributed by atoms with Crippen LogP contribution in [0.15, 0.2) is 30.6 Å².